The fourth-order valence-corrected chi connectivity index (χ4v) is 6.39. The lowest BCUT2D eigenvalue weighted by atomic mass is 9.62. The summed E-state index contributed by atoms with van der Waals surface area (Å²) in [7, 11) is 3.75. The van der Waals surface area contributed by atoms with E-state index in [1.54, 1.807) is 13.2 Å². The molecule has 0 saturated heterocycles. The third-order valence-electron chi connectivity index (χ3n) is 7.19. The number of methoxy groups -OCH3 is 1. The largest absolute Gasteiger partial charge is 0.392 e. The van der Waals surface area contributed by atoms with Crippen molar-refractivity contribution in [2.24, 2.45) is 0 Å². The Morgan fingerprint density at radius 3 is 2.31 bits per heavy atom. The summed E-state index contributed by atoms with van der Waals surface area (Å²) < 4.78 is 7.87. The summed E-state index contributed by atoms with van der Waals surface area (Å²) in [4.78, 5) is 2.15. The van der Waals surface area contributed by atoms with Crippen LogP contribution in [0.3, 0.4) is 0 Å². The highest BCUT2D eigenvalue weighted by molar-refractivity contribution is 6.35. The Hall–Kier alpha value is -1.76. The van der Waals surface area contributed by atoms with Crippen molar-refractivity contribution in [3.8, 4) is 5.69 Å². The number of halogens is 3. The SMILES string of the molecule is CCCc1nn(-c2cc(Cl)cc(Cl)c2)c(C)c1C1C(O)C(c2ccc(N(C)CCC)c(Cl)c2)C1OC. The summed E-state index contributed by atoms with van der Waals surface area (Å²) in [6.45, 7) is 7.22. The van der Waals surface area contributed by atoms with Gasteiger partial charge >= 0.3 is 0 Å². The van der Waals surface area contributed by atoms with Crippen LogP contribution < -0.4 is 4.90 Å². The zero-order chi connectivity index (χ0) is 26.1. The van der Waals surface area contributed by atoms with Crippen LogP contribution in [0.15, 0.2) is 36.4 Å². The lowest BCUT2D eigenvalue weighted by Crippen LogP contribution is -2.53. The predicted molar refractivity (Wildman–Crippen MR) is 150 cm³/mol. The standard InChI is InChI=1S/C28H34Cl3N3O2/c1-6-8-22-24(16(3)34(32-22)20-14-18(29)13-19(30)15-20)26-27(35)25(28(26)36-5)17-9-10-23(21(31)12-17)33(4)11-7-2/h9-10,12-15,25-28,35H,6-8,11H2,1-5H3. The molecule has 8 heteroatoms. The number of rotatable bonds is 9. The van der Waals surface area contributed by atoms with Crippen LogP contribution in [0.2, 0.25) is 15.1 Å². The molecule has 0 aliphatic heterocycles. The molecule has 4 rings (SSSR count). The number of anilines is 1. The van der Waals surface area contributed by atoms with E-state index in [0.29, 0.717) is 15.1 Å². The lowest BCUT2D eigenvalue weighted by molar-refractivity contribution is -0.0990. The molecule has 0 bridgehead atoms. The van der Waals surface area contributed by atoms with Gasteiger partial charge in [0.1, 0.15) is 0 Å². The maximum atomic E-state index is 11.5. The number of aryl methyl sites for hydroxylation is 1. The smallest absolute Gasteiger partial charge is 0.0759 e. The van der Waals surface area contributed by atoms with Crippen LogP contribution in [0.25, 0.3) is 5.69 Å². The second kappa shape index (κ2) is 11.3. The van der Waals surface area contributed by atoms with Crippen molar-refractivity contribution < 1.29 is 9.84 Å². The van der Waals surface area contributed by atoms with Crippen LogP contribution in [-0.4, -0.2) is 47.8 Å². The molecule has 0 spiro atoms. The monoisotopic (exact) mass is 549 g/mol. The van der Waals surface area contributed by atoms with Crippen LogP contribution >= 0.6 is 34.8 Å². The Labute approximate surface area is 228 Å². The second-order valence-electron chi connectivity index (χ2n) is 9.61. The molecular formula is C28H34Cl3N3O2. The number of hydrogen-bond acceptors (Lipinski definition) is 4. The summed E-state index contributed by atoms with van der Waals surface area (Å²) >= 11 is 19.2. The third-order valence-corrected chi connectivity index (χ3v) is 7.93. The van der Waals surface area contributed by atoms with Gasteiger partial charge in [0, 0.05) is 53.8 Å². The first-order valence-electron chi connectivity index (χ1n) is 12.5. The van der Waals surface area contributed by atoms with E-state index >= 15 is 0 Å². The van der Waals surface area contributed by atoms with Crippen molar-refractivity contribution in [1.29, 1.82) is 0 Å². The second-order valence-corrected chi connectivity index (χ2v) is 10.9. The highest BCUT2D eigenvalue weighted by Gasteiger charge is 2.53. The molecule has 3 aromatic rings. The van der Waals surface area contributed by atoms with E-state index in [1.807, 2.05) is 42.9 Å². The fourth-order valence-electron chi connectivity index (χ4n) is 5.54. The number of nitrogens with zero attached hydrogens (tertiary/aromatic N) is 3. The zero-order valence-corrected chi connectivity index (χ0v) is 23.7. The zero-order valence-electron chi connectivity index (χ0n) is 21.4. The topological polar surface area (TPSA) is 50.5 Å². The van der Waals surface area contributed by atoms with Gasteiger partial charge in [-0.1, -0.05) is 61.1 Å². The number of benzene rings is 2. The number of hydrogen-bond donors (Lipinski definition) is 1. The molecular weight excluding hydrogens is 517 g/mol. The van der Waals surface area contributed by atoms with Crippen LogP contribution in [0, 0.1) is 6.92 Å². The van der Waals surface area contributed by atoms with Crippen molar-refractivity contribution in [1.82, 2.24) is 9.78 Å². The molecule has 1 saturated carbocycles. The Morgan fingerprint density at radius 2 is 1.72 bits per heavy atom. The van der Waals surface area contributed by atoms with E-state index in [9.17, 15) is 5.11 Å². The molecule has 5 nitrogen and oxygen atoms in total. The Kier molecular flexibility index (Phi) is 8.58. The molecule has 4 unspecified atom stereocenters. The van der Waals surface area contributed by atoms with Gasteiger partial charge in [-0.3, -0.25) is 0 Å². The Bertz CT molecular complexity index is 1210. The van der Waals surface area contributed by atoms with E-state index in [1.165, 1.54) is 0 Å². The average Bonchev–Trinajstić information content (AvgIpc) is 3.12. The van der Waals surface area contributed by atoms with E-state index in [-0.39, 0.29) is 17.9 Å². The van der Waals surface area contributed by atoms with Gasteiger partial charge in [0.2, 0.25) is 0 Å². The van der Waals surface area contributed by atoms with Crippen molar-refractivity contribution in [3.05, 3.63) is 74.0 Å². The van der Waals surface area contributed by atoms with E-state index < -0.39 is 6.10 Å². The van der Waals surface area contributed by atoms with Crippen molar-refractivity contribution in [2.45, 2.75) is 64.1 Å². The highest BCUT2D eigenvalue weighted by atomic mass is 35.5. The van der Waals surface area contributed by atoms with Crippen molar-refractivity contribution in [2.75, 3.05) is 25.6 Å². The molecule has 1 aliphatic carbocycles. The molecule has 1 heterocycles. The fraction of sp³-hybridized carbons (Fsp3) is 0.464. The summed E-state index contributed by atoms with van der Waals surface area (Å²) in [5.41, 5.74) is 5.72. The third kappa shape index (κ3) is 5.01. The molecule has 2 aromatic carbocycles. The maximum Gasteiger partial charge on any atom is 0.0759 e. The molecule has 4 atom stereocenters. The van der Waals surface area contributed by atoms with E-state index in [2.05, 4.69) is 24.8 Å². The molecule has 1 N–H and O–H groups in total. The highest BCUT2D eigenvalue weighted by Crippen LogP contribution is 2.52. The van der Waals surface area contributed by atoms with Gasteiger partial charge in [-0.25, -0.2) is 4.68 Å². The number of ether oxygens (including phenoxy) is 1. The Balaban J connectivity index is 1.70. The molecule has 194 valence electrons. The van der Waals surface area contributed by atoms with Gasteiger partial charge in [-0.05, 0) is 55.7 Å². The van der Waals surface area contributed by atoms with Gasteiger partial charge in [-0.15, -0.1) is 0 Å². The summed E-state index contributed by atoms with van der Waals surface area (Å²) in [6.07, 6.45) is 1.95. The van der Waals surface area contributed by atoms with Gasteiger partial charge < -0.3 is 14.7 Å². The van der Waals surface area contributed by atoms with Crippen molar-refractivity contribution in [3.63, 3.8) is 0 Å². The van der Waals surface area contributed by atoms with E-state index in [0.717, 1.165) is 59.7 Å². The van der Waals surface area contributed by atoms with Crippen molar-refractivity contribution >= 4 is 40.5 Å². The van der Waals surface area contributed by atoms with Gasteiger partial charge in [0.05, 0.1) is 34.3 Å². The molecule has 1 fully saturated rings. The average molecular weight is 551 g/mol. The predicted octanol–water partition coefficient (Wildman–Crippen LogP) is 7.20. The normalized spacial score (nSPS) is 21.5. The van der Waals surface area contributed by atoms with Crippen LogP contribution in [-0.2, 0) is 11.2 Å². The number of aliphatic hydroxyl groups excluding tert-OH is 1. The number of aliphatic hydroxyl groups is 1. The van der Waals surface area contributed by atoms with E-state index in [4.69, 9.17) is 44.6 Å². The summed E-state index contributed by atoms with van der Waals surface area (Å²) in [5, 5.41) is 18.2. The summed E-state index contributed by atoms with van der Waals surface area (Å²) in [6, 6.07) is 11.5. The van der Waals surface area contributed by atoms with Crippen LogP contribution in [0.5, 0.6) is 0 Å². The minimum atomic E-state index is -0.625. The maximum absolute atomic E-state index is 11.5. The van der Waals surface area contributed by atoms with Crippen LogP contribution in [0.1, 0.15) is 61.0 Å². The summed E-state index contributed by atoms with van der Waals surface area (Å²) in [5.74, 6) is -0.382. The molecule has 0 amide bonds. The van der Waals surface area contributed by atoms with Gasteiger partial charge in [-0.2, -0.15) is 5.10 Å². The van der Waals surface area contributed by atoms with Crippen LogP contribution in [0.4, 0.5) is 5.69 Å². The first kappa shape index (κ1) is 27.3. The quantitative estimate of drug-likeness (QED) is 0.306. The minimum Gasteiger partial charge on any atom is -0.392 e. The molecule has 0 radical (unpaired) electrons. The lowest BCUT2D eigenvalue weighted by Gasteiger charge is -2.49. The number of aromatic nitrogens is 2. The minimum absolute atomic E-state index is 0.180. The molecule has 1 aliphatic rings. The van der Waals surface area contributed by atoms with Gasteiger partial charge in [0.15, 0.2) is 0 Å². The molecule has 36 heavy (non-hydrogen) atoms. The first-order valence-corrected chi connectivity index (χ1v) is 13.6. The molecule has 1 aromatic heterocycles. The Morgan fingerprint density at radius 1 is 1.03 bits per heavy atom. The van der Waals surface area contributed by atoms with Gasteiger partial charge in [0.25, 0.3) is 0 Å². The first-order chi connectivity index (χ1) is 17.2.